The average molecular weight is 643 g/mol. The summed E-state index contributed by atoms with van der Waals surface area (Å²) in [5.74, 6) is -2.19. The van der Waals surface area contributed by atoms with Crippen molar-refractivity contribution in [3.63, 3.8) is 0 Å². The van der Waals surface area contributed by atoms with Crippen LogP contribution in [0.2, 0.25) is 0 Å². The zero-order chi connectivity index (χ0) is 30.7. The number of thiazole rings is 2. The Bertz CT molecular complexity index is 2170. The number of hydrogen-bond acceptors (Lipinski definition) is 7. The van der Waals surface area contributed by atoms with Crippen molar-refractivity contribution in [3.05, 3.63) is 101 Å². The minimum atomic E-state index is -4.86. The van der Waals surface area contributed by atoms with E-state index in [4.69, 9.17) is 0 Å². The lowest BCUT2D eigenvalue weighted by Gasteiger charge is -2.12. The van der Waals surface area contributed by atoms with E-state index in [9.17, 15) is 35.3 Å². The molecule has 0 radical (unpaired) electrons. The monoisotopic (exact) mass is 642 g/mol. The van der Waals surface area contributed by atoms with Crippen LogP contribution in [0.25, 0.3) is 41.6 Å². The SMILES string of the molecule is Cc1ccc2nc(-c3ccc4nc(-c5ccc(CC(=O)c6c(F)cccc6C(F)(F)F)cc5)sc4c3)sc2c1S(=O)(=O)O. The third kappa shape index (κ3) is 5.56. The molecule has 0 saturated heterocycles. The molecule has 6 aromatic rings. The van der Waals surface area contributed by atoms with Crippen molar-refractivity contribution in [1.29, 1.82) is 0 Å². The van der Waals surface area contributed by atoms with Gasteiger partial charge in [-0.15, -0.1) is 22.7 Å². The van der Waals surface area contributed by atoms with E-state index >= 15 is 0 Å². The maximum Gasteiger partial charge on any atom is 0.417 e. The van der Waals surface area contributed by atoms with Crippen molar-refractivity contribution < 1.29 is 35.3 Å². The fourth-order valence-electron chi connectivity index (χ4n) is 4.77. The number of Topliss-reactive ketones (excluding diaryl/α,β-unsaturated/α-hetero) is 1. The lowest BCUT2D eigenvalue weighted by molar-refractivity contribution is -0.138. The lowest BCUT2D eigenvalue weighted by atomic mass is 9.97. The first-order chi connectivity index (χ1) is 20.3. The van der Waals surface area contributed by atoms with Gasteiger partial charge in [0.2, 0.25) is 0 Å². The predicted molar refractivity (Wildman–Crippen MR) is 158 cm³/mol. The summed E-state index contributed by atoms with van der Waals surface area (Å²) < 4.78 is 89.1. The molecule has 0 saturated carbocycles. The summed E-state index contributed by atoms with van der Waals surface area (Å²) in [5, 5.41) is 1.23. The normalized spacial score (nSPS) is 12.3. The van der Waals surface area contributed by atoms with Gasteiger partial charge in [0.05, 0.1) is 31.6 Å². The first-order valence-electron chi connectivity index (χ1n) is 12.6. The van der Waals surface area contributed by atoms with E-state index in [-0.39, 0.29) is 4.90 Å². The van der Waals surface area contributed by atoms with E-state index in [1.165, 1.54) is 11.3 Å². The smallest absolute Gasteiger partial charge is 0.294 e. The molecule has 0 aliphatic rings. The Hall–Kier alpha value is -4.04. The van der Waals surface area contributed by atoms with Crippen LogP contribution >= 0.6 is 22.7 Å². The minimum absolute atomic E-state index is 0.158. The van der Waals surface area contributed by atoms with Crippen LogP contribution in [0.4, 0.5) is 17.6 Å². The molecule has 0 fully saturated rings. The highest BCUT2D eigenvalue weighted by atomic mass is 32.2. The van der Waals surface area contributed by atoms with Gasteiger partial charge in [0.25, 0.3) is 10.1 Å². The largest absolute Gasteiger partial charge is 0.417 e. The van der Waals surface area contributed by atoms with Crippen LogP contribution in [0, 0.1) is 12.7 Å². The molecule has 0 amide bonds. The number of rotatable bonds is 6. The maximum atomic E-state index is 14.2. The molecule has 218 valence electrons. The third-order valence-electron chi connectivity index (χ3n) is 6.77. The number of carbonyl (C=O) groups excluding carboxylic acids is 1. The Balaban J connectivity index is 1.27. The van der Waals surface area contributed by atoms with Crippen LogP contribution in [0.1, 0.15) is 27.0 Å². The highest BCUT2D eigenvalue weighted by Gasteiger charge is 2.36. The summed E-state index contributed by atoms with van der Waals surface area (Å²) >= 11 is 2.55. The van der Waals surface area contributed by atoms with Crippen LogP contribution in [-0.4, -0.2) is 28.7 Å². The summed E-state index contributed by atoms with van der Waals surface area (Å²) in [6.07, 6.45) is -5.27. The molecule has 0 bridgehead atoms. The van der Waals surface area contributed by atoms with E-state index in [1.807, 2.05) is 18.2 Å². The van der Waals surface area contributed by atoms with E-state index in [1.54, 1.807) is 43.3 Å². The first kappa shape index (κ1) is 29.1. The number of carbonyl (C=O) groups is 1. The number of halogens is 4. The Labute approximate surface area is 250 Å². The highest BCUT2D eigenvalue weighted by Crippen LogP contribution is 2.39. The van der Waals surface area contributed by atoms with Crippen molar-refractivity contribution in [3.8, 4) is 21.1 Å². The third-order valence-corrected chi connectivity index (χ3v) is 10.1. The highest BCUT2D eigenvalue weighted by molar-refractivity contribution is 7.86. The predicted octanol–water partition coefficient (Wildman–Crippen LogP) is 8.38. The summed E-state index contributed by atoms with van der Waals surface area (Å²) in [5.41, 5.74) is 1.17. The van der Waals surface area contributed by atoms with Gasteiger partial charge < -0.3 is 0 Å². The molecule has 43 heavy (non-hydrogen) atoms. The molecule has 0 unspecified atom stereocenters. The van der Waals surface area contributed by atoms with Crippen LogP contribution in [0.15, 0.2) is 77.7 Å². The molecular weight excluding hydrogens is 625 g/mol. The second kappa shape index (κ2) is 10.6. The molecule has 4 aromatic carbocycles. The molecule has 6 nitrogen and oxygen atoms in total. The number of aryl methyl sites for hydroxylation is 1. The van der Waals surface area contributed by atoms with Gasteiger partial charge in [-0.1, -0.05) is 36.4 Å². The van der Waals surface area contributed by atoms with E-state index < -0.39 is 45.4 Å². The Morgan fingerprint density at radius 3 is 2.23 bits per heavy atom. The number of benzene rings is 4. The minimum Gasteiger partial charge on any atom is -0.294 e. The van der Waals surface area contributed by atoms with E-state index in [0.717, 1.165) is 33.7 Å². The van der Waals surface area contributed by atoms with Crippen LogP contribution in [0.3, 0.4) is 0 Å². The lowest BCUT2D eigenvalue weighted by Crippen LogP contribution is -2.16. The van der Waals surface area contributed by atoms with Crippen molar-refractivity contribution in [2.45, 2.75) is 24.4 Å². The van der Waals surface area contributed by atoms with Gasteiger partial charge in [0.15, 0.2) is 5.78 Å². The Kier molecular flexibility index (Phi) is 7.16. The van der Waals surface area contributed by atoms with Gasteiger partial charge in [-0.2, -0.15) is 21.6 Å². The number of hydrogen-bond donors (Lipinski definition) is 1. The zero-order valence-corrected chi connectivity index (χ0v) is 24.4. The molecule has 0 aliphatic heterocycles. The maximum absolute atomic E-state index is 14.2. The average Bonchev–Trinajstić information content (AvgIpc) is 3.56. The molecule has 1 N–H and O–H groups in total. The van der Waals surface area contributed by atoms with Gasteiger partial charge >= 0.3 is 6.18 Å². The van der Waals surface area contributed by atoms with Crippen molar-refractivity contribution in [2.24, 2.45) is 0 Å². The van der Waals surface area contributed by atoms with Gasteiger partial charge in [-0.3, -0.25) is 9.35 Å². The molecule has 0 spiro atoms. The Morgan fingerprint density at radius 2 is 1.53 bits per heavy atom. The van der Waals surface area contributed by atoms with Crippen molar-refractivity contribution in [2.75, 3.05) is 0 Å². The second-order valence-corrected chi connectivity index (χ2v) is 13.1. The summed E-state index contributed by atoms with van der Waals surface area (Å²) in [4.78, 5) is 21.7. The van der Waals surface area contributed by atoms with E-state index in [2.05, 4.69) is 9.97 Å². The quantitative estimate of drug-likeness (QED) is 0.111. The van der Waals surface area contributed by atoms with Gasteiger partial charge in [0, 0.05) is 17.5 Å². The molecule has 0 aliphatic carbocycles. The number of alkyl halides is 3. The summed E-state index contributed by atoms with van der Waals surface area (Å²) in [7, 11) is -4.44. The Morgan fingerprint density at radius 1 is 0.884 bits per heavy atom. The second-order valence-electron chi connectivity index (χ2n) is 9.71. The molecular formula is C30H18F4N2O4S3. The zero-order valence-electron chi connectivity index (χ0n) is 21.9. The van der Waals surface area contributed by atoms with Gasteiger partial charge in [0.1, 0.15) is 20.7 Å². The first-order valence-corrected chi connectivity index (χ1v) is 15.6. The fraction of sp³-hybridized carbons (Fsp3) is 0.100. The molecule has 0 atom stereocenters. The number of aromatic nitrogens is 2. The molecule has 2 heterocycles. The van der Waals surface area contributed by atoms with Gasteiger partial charge in [-0.25, -0.2) is 14.4 Å². The number of ketones is 1. The summed E-state index contributed by atoms with van der Waals surface area (Å²) in [6, 6.07) is 17.8. The van der Waals surface area contributed by atoms with Crippen molar-refractivity contribution in [1.82, 2.24) is 9.97 Å². The van der Waals surface area contributed by atoms with Crippen LogP contribution in [-0.2, 0) is 22.7 Å². The molecule has 6 rings (SSSR count). The molecule has 2 aromatic heterocycles. The van der Waals surface area contributed by atoms with Crippen molar-refractivity contribution >= 4 is 59.0 Å². The topological polar surface area (TPSA) is 97.2 Å². The van der Waals surface area contributed by atoms with Crippen LogP contribution in [0.5, 0.6) is 0 Å². The van der Waals surface area contributed by atoms with Crippen LogP contribution < -0.4 is 0 Å². The van der Waals surface area contributed by atoms with Gasteiger partial charge in [-0.05, 0) is 54.4 Å². The fourth-order valence-corrected chi connectivity index (χ4v) is 8.09. The summed E-state index contributed by atoms with van der Waals surface area (Å²) in [6.45, 7) is 1.60. The number of nitrogens with zero attached hydrogens (tertiary/aromatic N) is 2. The number of fused-ring (bicyclic) bond motifs is 2. The standard InChI is InChI=1S/C30H18F4N2O4S3/c1-15-5-11-22-26(27(15)43(38,39)40)42-29(36-22)18-10-12-21-24(14-18)41-28(35-21)17-8-6-16(7-9-17)13-23(37)25-19(30(32,33)34)3-2-4-20(25)31/h2-12,14H,13H2,1H3,(H,38,39,40). The molecule has 13 heteroatoms. The van der Waals surface area contributed by atoms with E-state index in [0.29, 0.717) is 48.5 Å².